The Balaban J connectivity index is 1.80. The number of hydrogen-bond acceptors (Lipinski definition) is 4. The topological polar surface area (TPSA) is 39.7 Å². The smallest absolute Gasteiger partial charge is 0.189 e. The van der Waals surface area contributed by atoms with Crippen molar-refractivity contribution in [3.63, 3.8) is 0 Å². The Kier molecular flexibility index (Phi) is 6.30. The number of hydrogen-bond donors (Lipinski definition) is 1. The molecule has 2 rings (SSSR count). The highest BCUT2D eigenvalue weighted by Gasteiger charge is 2.21. The molecule has 0 spiro atoms. The van der Waals surface area contributed by atoms with Gasteiger partial charge in [-0.15, -0.1) is 0 Å². The van der Waals surface area contributed by atoms with Gasteiger partial charge in [0.1, 0.15) is 5.75 Å². The van der Waals surface area contributed by atoms with Gasteiger partial charge >= 0.3 is 0 Å². The minimum Gasteiger partial charge on any atom is -0.467 e. The van der Waals surface area contributed by atoms with Gasteiger partial charge in [0.05, 0.1) is 13.2 Å². The molecule has 112 valence electrons. The van der Waals surface area contributed by atoms with Crippen molar-refractivity contribution in [3.05, 3.63) is 29.3 Å². The fourth-order valence-electron chi connectivity index (χ4n) is 2.06. The number of benzene rings is 1. The molecule has 0 unspecified atom stereocenters. The van der Waals surface area contributed by atoms with E-state index in [1.807, 2.05) is 0 Å². The summed E-state index contributed by atoms with van der Waals surface area (Å²) >= 11 is 0. The number of aryl methyl sites for hydroxylation is 1. The zero-order chi connectivity index (χ0) is 14.2. The van der Waals surface area contributed by atoms with Gasteiger partial charge in [-0.3, -0.25) is 0 Å². The first-order chi connectivity index (χ1) is 9.81. The summed E-state index contributed by atoms with van der Waals surface area (Å²) in [4.78, 5) is 0. The van der Waals surface area contributed by atoms with Crippen LogP contribution in [0, 0.1) is 12.8 Å². The molecule has 4 heteroatoms. The van der Waals surface area contributed by atoms with Crippen LogP contribution in [0.1, 0.15) is 24.0 Å². The summed E-state index contributed by atoms with van der Waals surface area (Å²) in [7, 11) is 1.71. The van der Waals surface area contributed by atoms with E-state index in [1.165, 1.54) is 12.8 Å². The predicted molar refractivity (Wildman–Crippen MR) is 78.9 cm³/mol. The van der Waals surface area contributed by atoms with Crippen molar-refractivity contribution < 1.29 is 14.2 Å². The lowest BCUT2D eigenvalue weighted by molar-refractivity contribution is 0.00903. The first-order valence-electron chi connectivity index (χ1n) is 7.30. The Hall–Kier alpha value is -1.10. The molecular formula is C16H25NO3. The van der Waals surface area contributed by atoms with E-state index in [0.717, 1.165) is 42.5 Å². The maximum absolute atomic E-state index is 5.81. The summed E-state index contributed by atoms with van der Waals surface area (Å²) in [5.41, 5.74) is 2.31. The second kappa shape index (κ2) is 8.25. The number of ether oxygens (including phenoxy) is 3. The third kappa shape index (κ3) is 5.12. The zero-order valence-electron chi connectivity index (χ0n) is 12.5. The molecule has 0 saturated heterocycles. The van der Waals surface area contributed by atoms with Gasteiger partial charge in [0.15, 0.2) is 6.79 Å². The van der Waals surface area contributed by atoms with Crippen molar-refractivity contribution in [1.82, 2.24) is 5.32 Å². The van der Waals surface area contributed by atoms with Crippen molar-refractivity contribution in [2.45, 2.75) is 26.3 Å². The van der Waals surface area contributed by atoms with Crippen LogP contribution in [-0.2, 0) is 16.0 Å². The van der Waals surface area contributed by atoms with Crippen molar-refractivity contribution in [2.75, 3.05) is 33.7 Å². The van der Waals surface area contributed by atoms with Crippen LogP contribution in [0.5, 0.6) is 5.75 Å². The number of nitrogens with one attached hydrogen (secondary N) is 1. The van der Waals surface area contributed by atoms with Gasteiger partial charge in [-0.2, -0.15) is 0 Å². The Morgan fingerprint density at radius 2 is 2.15 bits per heavy atom. The molecule has 0 amide bonds. The summed E-state index contributed by atoms with van der Waals surface area (Å²) in [6.45, 7) is 5.56. The Morgan fingerprint density at radius 1 is 1.30 bits per heavy atom. The molecule has 0 aliphatic heterocycles. The average molecular weight is 279 g/mol. The second-order valence-corrected chi connectivity index (χ2v) is 5.31. The van der Waals surface area contributed by atoms with Crippen LogP contribution in [0.4, 0.5) is 0 Å². The minimum atomic E-state index is 0.340. The van der Waals surface area contributed by atoms with E-state index in [1.54, 1.807) is 7.11 Å². The van der Waals surface area contributed by atoms with E-state index in [9.17, 15) is 0 Å². The predicted octanol–water partition coefficient (Wildman–Crippen LogP) is 2.49. The van der Waals surface area contributed by atoms with Crippen LogP contribution < -0.4 is 10.1 Å². The summed E-state index contributed by atoms with van der Waals surface area (Å²) in [5.74, 6) is 1.71. The Morgan fingerprint density at radius 3 is 2.90 bits per heavy atom. The van der Waals surface area contributed by atoms with Gasteiger partial charge in [-0.1, -0.05) is 18.2 Å². The van der Waals surface area contributed by atoms with E-state index in [2.05, 4.69) is 30.4 Å². The fourth-order valence-corrected chi connectivity index (χ4v) is 2.06. The number of methoxy groups -OCH3 is 1. The van der Waals surface area contributed by atoms with E-state index in [-0.39, 0.29) is 0 Å². The molecule has 0 radical (unpaired) electrons. The van der Waals surface area contributed by atoms with Crippen LogP contribution in [0.2, 0.25) is 0 Å². The third-order valence-electron chi connectivity index (χ3n) is 3.43. The van der Waals surface area contributed by atoms with Crippen molar-refractivity contribution in [3.8, 4) is 5.75 Å². The standard InChI is InChI=1S/C16H25NO3/c1-13-4-3-5-15(10-17-8-9-18-2)16(13)20-12-19-11-14-6-7-14/h3-5,14,17H,6-12H2,1-2H3. The second-order valence-electron chi connectivity index (χ2n) is 5.31. The average Bonchev–Trinajstić information content (AvgIpc) is 3.26. The largest absolute Gasteiger partial charge is 0.467 e. The first-order valence-corrected chi connectivity index (χ1v) is 7.30. The van der Waals surface area contributed by atoms with E-state index >= 15 is 0 Å². The summed E-state index contributed by atoms with van der Waals surface area (Å²) in [6, 6.07) is 6.21. The maximum Gasteiger partial charge on any atom is 0.189 e. The van der Waals surface area contributed by atoms with E-state index in [0.29, 0.717) is 13.4 Å². The molecule has 1 aromatic carbocycles. The lowest BCUT2D eigenvalue weighted by Gasteiger charge is -2.14. The number of rotatable bonds is 10. The lowest BCUT2D eigenvalue weighted by Crippen LogP contribution is -2.19. The van der Waals surface area contributed by atoms with E-state index < -0.39 is 0 Å². The normalized spacial score (nSPS) is 14.5. The molecule has 1 saturated carbocycles. The molecule has 4 nitrogen and oxygen atoms in total. The molecule has 0 heterocycles. The van der Waals surface area contributed by atoms with Gasteiger partial charge in [-0.25, -0.2) is 0 Å². The molecule has 20 heavy (non-hydrogen) atoms. The molecule has 0 aromatic heterocycles. The Labute approximate surface area is 121 Å². The van der Waals surface area contributed by atoms with Crippen LogP contribution in [0.25, 0.3) is 0 Å². The maximum atomic E-state index is 5.81. The third-order valence-corrected chi connectivity index (χ3v) is 3.43. The molecule has 0 bridgehead atoms. The summed E-state index contributed by atoms with van der Waals surface area (Å²) < 4.78 is 16.4. The van der Waals surface area contributed by atoms with Gasteiger partial charge in [-0.05, 0) is 31.2 Å². The molecule has 1 aromatic rings. The molecular weight excluding hydrogens is 254 g/mol. The molecule has 1 aliphatic rings. The summed E-state index contributed by atoms with van der Waals surface area (Å²) in [6.07, 6.45) is 2.61. The highest BCUT2D eigenvalue weighted by atomic mass is 16.7. The molecule has 1 N–H and O–H groups in total. The van der Waals surface area contributed by atoms with Crippen LogP contribution >= 0.6 is 0 Å². The quantitative estimate of drug-likeness (QED) is 0.527. The van der Waals surface area contributed by atoms with Crippen molar-refractivity contribution in [1.29, 1.82) is 0 Å². The van der Waals surface area contributed by atoms with Gasteiger partial charge < -0.3 is 19.5 Å². The van der Waals surface area contributed by atoms with Crippen LogP contribution in [0.15, 0.2) is 18.2 Å². The van der Waals surface area contributed by atoms with Gasteiger partial charge in [0.25, 0.3) is 0 Å². The molecule has 1 fully saturated rings. The van der Waals surface area contributed by atoms with Gasteiger partial charge in [0, 0.05) is 25.8 Å². The van der Waals surface area contributed by atoms with Crippen molar-refractivity contribution in [2.24, 2.45) is 5.92 Å². The SMILES string of the molecule is COCCNCc1cccc(C)c1OCOCC1CC1. The lowest BCUT2D eigenvalue weighted by atomic mass is 10.1. The highest BCUT2D eigenvalue weighted by molar-refractivity contribution is 5.40. The molecule has 0 atom stereocenters. The summed E-state index contributed by atoms with van der Waals surface area (Å²) in [5, 5.41) is 3.34. The van der Waals surface area contributed by atoms with E-state index in [4.69, 9.17) is 14.2 Å². The first kappa shape index (κ1) is 15.3. The van der Waals surface area contributed by atoms with Crippen molar-refractivity contribution >= 4 is 0 Å². The monoisotopic (exact) mass is 279 g/mol. The van der Waals surface area contributed by atoms with Crippen LogP contribution in [0.3, 0.4) is 0 Å². The highest BCUT2D eigenvalue weighted by Crippen LogP contribution is 2.29. The minimum absolute atomic E-state index is 0.340. The fraction of sp³-hybridized carbons (Fsp3) is 0.625. The zero-order valence-corrected chi connectivity index (χ0v) is 12.5. The van der Waals surface area contributed by atoms with Crippen LogP contribution in [-0.4, -0.2) is 33.7 Å². The number of para-hydroxylation sites is 1. The van der Waals surface area contributed by atoms with Gasteiger partial charge in [0.2, 0.25) is 0 Å². The Bertz CT molecular complexity index is 405. The molecule has 1 aliphatic carbocycles.